The maximum absolute atomic E-state index is 11.5. The van der Waals surface area contributed by atoms with Gasteiger partial charge in [-0.3, -0.25) is 9.69 Å². The van der Waals surface area contributed by atoms with Crippen molar-refractivity contribution in [2.75, 3.05) is 33.9 Å². The van der Waals surface area contributed by atoms with E-state index in [1.807, 2.05) is 19.1 Å². The third kappa shape index (κ3) is 4.37. The SMILES string of the molecule is CCOc1ccc(CN2CCC(CC(=O)NC)C2)cc1OC. The molecular weight excluding hydrogens is 280 g/mol. The number of methoxy groups -OCH3 is 1. The molecule has 1 aromatic carbocycles. The number of nitrogens with one attached hydrogen (secondary N) is 1. The molecule has 0 spiro atoms. The first-order valence-electron chi connectivity index (χ1n) is 7.88. The Morgan fingerprint density at radius 2 is 2.23 bits per heavy atom. The second-order valence-electron chi connectivity index (χ2n) is 5.69. The average molecular weight is 306 g/mol. The highest BCUT2D eigenvalue weighted by atomic mass is 16.5. The van der Waals surface area contributed by atoms with E-state index in [4.69, 9.17) is 9.47 Å². The molecule has 122 valence electrons. The second-order valence-corrected chi connectivity index (χ2v) is 5.69. The van der Waals surface area contributed by atoms with Crippen molar-refractivity contribution in [2.45, 2.75) is 26.3 Å². The van der Waals surface area contributed by atoms with Crippen LogP contribution in [-0.4, -0.2) is 44.7 Å². The molecule has 1 aromatic rings. The molecule has 0 saturated carbocycles. The van der Waals surface area contributed by atoms with Gasteiger partial charge in [0.05, 0.1) is 13.7 Å². The van der Waals surface area contributed by atoms with Gasteiger partial charge in [-0.15, -0.1) is 0 Å². The molecule has 5 heteroatoms. The fourth-order valence-electron chi connectivity index (χ4n) is 2.93. The molecule has 1 heterocycles. The van der Waals surface area contributed by atoms with Crippen LogP contribution in [0.15, 0.2) is 18.2 Å². The van der Waals surface area contributed by atoms with Crippen molar-refractivity contribution in [2.24, 2.45) is 5.92 Å². The van der Waals surface area contributed by atoms with Crippen molar-refractivity contribution >= 4 is 5.91 Å². The lowest BCUT2D eigenvalue weighted by Crippen LogP contribution is -2.24. The van der Waals surface area contributed by atoms with E-state index in [1.54, 1.807) is 14.2 Å². The topological polar surface area (TPSA) is 50.8 Å². The summed E-state index contributed by atoms with van der Waals surface area (Å²) in [6.45, 7) is 5.49. The Morgan fingerprint density at radius 1 is 1.41 bits per heavy atom. The first kappa shape index (κ1) is 16.6. The fourth-order valence-corrected chi connectivity index (χ4v) is 2.93. The van der Waals surface area contributed by atoms with E-state index in [9.17, 15) is 4.79 Å². The third-order valence-electron chi connectivity index (χ3n) is 4.06. The summed E-state index contributed by atoms with van der Waals surface area (Å²) >= 11 is 0. The number of amides is 1. The molecule has 22 heavy (non-hydrogen) atoms. The highest BCUT2D eigenvalue weighted by Crippen LogP contribution is 2.29. The minimum absolute atomic E-state index is 0.134. The van der Waals surface area contributed by atoms with E-state index in [2.05, 4.69) is 16.3 Å². The minimum Gasteiger partial charge on any atom is -0.493 e. The van der Waals surface area contributed by atoms with Crippen molar-refractivity contribution < 1.29 is 14.3 Å². The van der Waals surface area contributed by atoms with E-state index >= 15 is 0 Å². The van der Waals surface area contributed by atoms with E-state index in [-0.39, 0.29) is 5.91 Å². The van der Waals surface area contributed by atoms with Crippen LogP contribution >= 0.6 is 0 Å². The van der Waals surface area contributed by atoms with Crippen molar-refractivity contribution in [1.82, 2.24) is 10.2 Å². The smallest absolute Gasteiger partial charge is 0.220 e. The Morgan fingerprint density at radius 3 is 2.91 bits per heavy atom. The van der Waals surface area contributed by atoms with Crippen molar-refractivity contribution in [3.8, 4) is 11.5 Å². The Hall–Kier alpha value is -1.75. The summed E-state index contributed by atoms with van der Waals surface area (Å²) in [5.41, 5.74) is 1.21. The molecule has 1 atom stereocenters. The van der Waals surface area contributed by atoms with E-state index in [0.717, 1.165) is 37.6 Å². The molecular formula is C17H26N2O3. The number of carbonyl (C=O) groups is 1. The standard InChI is InChI=1S/C17H26N2O3/c1-4-22-15-6-5-13(9-16(15)21-3)11-19-8-7-14(12-19)10-17(20)18-2/h5-6,9,14H,4,7-8,10-12H2,1-3H3,(H,18,20). The van der Waals surface area contributed by atoms with Gasteiger partial charge in [0.25, 0.3) is 0 Å². The van der Waals surface area contributed by atoms with Crippen molar-refractivity contribution in [3.63, 3.8) is 0 Å². The van der Waals surface area contributed by atoms with Crippen LogP contribution in [-0.2, 0) is 11.3 Å². The average Bonchev–Trinajstić information content (AvgIpc) is 2.95. The lowest BCUT2D eigenvalue weighted by Gasteiger charge is -2.17. The number of hydrogen-bond donors (Lipinski definition) is 1. The predicted molar refractivity (Wildman–Crippen MR) is 86.2 cm³/mol. The molecule has 1 amide bonds. The molecule has 0 aliphatic carbocycles. The summed E-state index contributed by atoms with van der Waals surface area (Å²) in [5.74, 6) is 2.16. The van der Waals surface area contributed by atoms with Gasteiger partial charge >= 0.3 is 0 Å². The van der Waals surface area contributed by atoms with Crippen LogP contribution < -0.4 is 14.8 Å². The maximum Gasteiger partial charge on any atom is 0.220 e. The summed E-state index contributed by atoms with van der Waals surface area (Å²) in [5, 5.41) is 2.70. The summed E-state index contributed by atoms with van der Waals surface area (Å²) in [6, 6.07) is 6.09. The van der Waals surface area contributed by atoms with Gasteiger partial charge in [0.1, 0.15) is 0 Å². The minimum atomic E-state index is 0.134. The van der Waals surface area contributed by atoms with E-state index in [1.165, 1.54) is 5.56 Å². The number of likely N-dealkylation sites (tertiary alicyclic amines) is 1. The molecule has 0 aromatic heterocycles. The van der Waals surface area contributed by atoms with Crippen LogP contribution in [0.2, 0.25) is 0 Å². The van der Waals surface area contributed by atoms with Gasteiger partial charge in [0.2, 0.25) is 5.91 Å². The molecule has 1 aliphatic rings. The van der Waals surface area contributed by atoms with Gasteiger partial charge in [0, 0.05) is 26.6 Å². The molecule has 0 radical (unpaired) electrons. The normalized spacial score (nSPS) is 18.2. The first-order valence-corrected chi connectivity index (χ1v) is 7.88. The second kappa shape index (κ2) is 8.03. The molecule has 1 N–H and O–H groups in total. The van der Waals surface area contributed by atoms with E-state index in [0.29, 0.717) is 18.9 Å². The Kier molecular flexibility index (Phi) is 6.07. The summed E-state index contributed by atoms with van der Waals surface area (Å²) < 4.78 is 10.9. The summed E-state index contributed by atoms with van der Waals surface area (Å²) in [6.07, 6.45) is 1.71. The zero-order valence-electron chi connectivity index (χ0n) is 13.7. The molecule has 0 bridgehead atoms. The summed E-state index contributed by atoms with van der Waals surface area (Å²) in [4.78, 5) is 13.8. The Labute approximate surface area is 132 Å². The van der Waals surface area contributed by atoms with Gasteiger partial charge in [0.15, 0.2) is 11.5 Å². The zero-order valence-corrected chi connectivity index (χ0v) is 13.7. The molecule has 1 aliphatic heterocycles. The van der Waals surface area contributed by atoms with Crippen LogP contribution in [0.5, 0.6) is 11.5 Å². The monoisotopic (exact) mass is 306 g/mol. The van der Waals surface area contributed by atoms with Gasteiger partial charge in [-0.05, 0) is 43.5 Å². The van der Waals surface area contributed by atoms with Gasteiger partial charge in [-0.25, -0.2) is 0 Å². The van der Waals surface area contributed by atoms with Gasteiger partial charge < -0.3 is 14.8 Å². The van der Waals surface area contributed by atoms with Crippen molar-refractivity contribution in [3.05, 3.63) is 23.8 Å². The van der Waals surface area contributed by atoms with Crippen LogP contribution in [0, 0.1) is 5.92 Å². The Balaban J connectivity index is 1.93. The van der Waals surface area contributed by atoms with Crippen molar-refractivity contribution in [1.29, 1.82) is 0 Å². The molecule has 1 saturated heterocycles. The van der Waals surface area contributed by atoms with Gasteiger partial charge in [-0.1, -0.05) is 6.07 Å². The number of rotatable bonds is 7. The highest BCUT2D eigenvalue weighted by molar-refractivity contribution is 5.75. The number of nitrogens with zero attached hydrogens (tertiary/aromatic N) is 1. The lowest BCUT2D eigenvalue weighted by molar-refractivity contribution is -0.121. The van der Waals surface area contributed by atoms with Crippen LogP contribution in [0.4, 0.5) is 0 Å². The number of benzene rings is 1. The first-order chi connectivity index (χ1) is 10.7. The predicted octanol–water partition coefficient (Wildman–Crippen LogP) is 2.05. The fraction of sp³-hybridized carbons (Fsp3) is 0.588. The van der Waals surface area contributed by atoms with Crippen LogP contribution in [0.1, 0.15) is 25.3 Å². The molecule has 2 rings (SSSR count). The molecule has 1 unspecified atom stereocenters. The Bertz CT molecular complexity index is 505. The lowest BCUT2D eigenvalue weighted by atomic mass is 10.0. The number of ether oxygens (including phenoxy) is 2. The third-order valence-corrected chi connectivity index (χ3v) is 4.06. The summed E-state index contributed by atoms with van der Waals surface area (Å²) in [7, 11) is 3.36. The van der Waals surface area contributed by atoms with Crippen LogP contribution in [0.25, 0.3) is 0 Å². The highest BCUT2D eigenvalue weighted by Gasteiger charge is 2.24. The zero-order chi connectivity index (χ0) is 15.9. The molecule has 1 fully saturated rings. The number of carbonyl (C=O) groups excluding carboxylic acids is 1. The quantitative estimate of drug-likeness (QED) is 0.838. The van der Waals surface area contributed by atoms with Gasteiger partial charge in [-0.2, -0.15) is 0 Å². The molecule has 5 nitrogen and oxygen atoms in total. The van der Waals surface area contributed by atoms with E-state index < -0.39 is 0 Å². The number of hydrogen-bond acceptors (Lipinski definition) is 4. The maximum atomic E-state index is 11.5. The largest absolute Gasteiger partial charge is 0.493 e. The van der Waals surface area contributed by atoms with Crippen LogP contribution in [0.3, 0.4) is 0 Å².